The number of anilines is 1. The van der Waals surface area contributed by atoms with Crippen LogP contribution in [0.5, 0.6) is 0 Å². The summed E-state index contributed by atoms with van der Waals surface area (Å²) in [4.78, 5) is 4.03. The number of alkyl halides is 3. The lowest BCUT2D eigenvalue weighted by molar-refractivity contribution is -0.137. The summed E-state index contributed by atoms with van der Waals surface area (Å²) in [5, 5.41) is 3.94. The Morgan fingerprint density at radius 1 is 1.04 bits per heavy atom. The van der Waals surface area contributed by atoms with E-state index in [0.717, 1.165) is 11.6 Å². The zero-order chi connectivity index (χ0) is 19.4. The van der Waals surface area contributed by atoms with E-state index >= 15 is 0 Å². The van der Waals surface area contributed by atoms with Crippen LogP contribution in [0.4, 0.5) is 18.9 Å². The molecule has 0 amide bonds. The number of benzene rings is 2. The highest BCUT2D eigenvalue weighted by Gasteiger charge is 2.31. The predicted molar refractivity (Wildman–Crippen MR) is 106 cm³/mol. The van der Waals surface area contributed by atoms with Gasteiger partial charge >= 0.3 is 6.18 Å². The fourth-order valence-corrected chi connectivity index (χ4v) is 3.30. The van der Waals surface area contributed by atoms with Crippen molar-refractivity contribution in [2.75, 3.05) is 31.1 Å². The fraction of sp³-hybridized carbons (Fsp3) is 0.350. The van der Waals surface area contributed by atoms with Crippen molar-refractivity contribution >= 4 is 23.0 Å². The molecular formula is C20H22F3N3S. The van der Waals surface area contributed by atoms with Crippen molar-refractivity contribution < 1.29 is 13.2 Å². The van der Waals surface area contributed by atoms with Crippen molar-refractivity contribution in [1.82, 2.24) is 10.2 Å². The predicted octanol–water partition coefficient (Wildman–Crippen LogP) is 4.21. The van der Waals surface area contributed by atoms with E-state index in [4.69, 9.17) is 12.2 Å². The van der Waals surface area contributed by atoms with Crippen molar-refractivity contribution in [2.45, 2.75) is 19.6 Å². The van der Waals surface area contributed by atoms with E-state index in [1.165, 1.54) is 17.7 Å². The Kier molecular flexibility index (Phi) is 5.89. The lowest BCUT2D eigenvalue weighted by Crippen LogP contribution is -2.51. The van der Waals surface area contributed by atoms with Crippen molar-refractivity contribution in [3.8, 4) is 0 Å². The zero-order valence-corrected chi connectivity index (χ0v) is 15.9. The maximum Gasteiger partial charge on any atom is 0.416 e. The molecule has 0 unspecified atom stereocenters. The van der Waals surface area contributed by atoms with Gasteiger partial charge in [-0.05, 0) is 42.9 Å². The van der Waals surface area contributed by atoms with E-state index in [9.17, 15) is 13.2 Å². The van der Waals surface area contributed by atoms with E-state index in [0.29, 0.717) is 43.5 Å². The van der Waals surface area contributed by atoms with Gasteiger partial charge in [-0.15, -0.1) is 0 Å². The normalized spacial score (nSPS) is 15.0. The van der Waals surface area contributed by atoms with Crippen LogP contribution in [0.3, 0.4) is 0 Å². The summed E-state index contributed by atoms with van der Waals surface area (Å²) in [6.07, 6.45) is -4.32. The average Bonchev–Trinajstić information content (AvgIpc) is 2.67. The molecule has 1 aliphatic heterocycles. The number of hydrogen-bond donors (Lipinski definition) is 1. The van der Waals surface area contributed by atoms with E-state index in [1.807, 2.05) is 11.8 Å². The molecule has 3 nitrogen and oxygen atoms in total. The number of piperazine rings is 1. The van der Waals surface area contributed by atoms with Gasteiger partial charge in [0, 0.05) is 38.4 Å². The third kappa shape index (κ3) is 5.13. The smallest absolute Gasteiger partial charge is 0.368 e. The highest BCUT2D eigenvalue weighted by molar-refractivity contribution is 7.80. The Hall–Kier alpha value is -2.28. The molecule has 1 saturated heterocycles. The van der Waals surface area contributed by atoms with Gasteiger partial charge in [0.2, 0.25) is 0 Å². The molecule has 1 heterocycles. The molecule has 7 heteroatoms. The monoisotopic (exact) mass is 393 g/mol. The van der Waals surface area contributed by atoms with Gasteiger partial charge < -0.3 is 15.1 Å². The summed E-state index contributed by atoms with van der Waals surface area (Å²) in [6, 6.07) is 13.7. The van der Waals surface area contributed by atoms with E-state index in [2.05, 4.69) is 34.5 Å². The first kappa shape index (κ1) is 19.5. The molecule has 1 N–H and O–H groups in total. The first-order chi connectivity index (χ1) is 12.8. The maximum atomic E-state index is 12.9. The largest absolute Gasteiger partial charge is 0.416 e. The van der Waals surface area contributed by atoms with E-state index in [1.54, 1.807) is 6.07 Å². The lowest BCUT2D eigenvalue weighted by Gasteiger charge is -2.37. The molecule has 0 aromatic heterocycles. The SMILES string of the molecule is Cc1ccc(CNC(=S)N2CCN(c3cccc(C(F)(F)F)c3)CC2)cc1. The number of nitrogens with zero attached hydrogens (tertiary/aromatic N) is 2. The van der Waals surface area contributed by atoms with Crippen LogP contribution >= 0.6 is 12.2 Å². The van der Waals surface area contributed by atoms with Gasteiger partial charge in [0.25, 0.3) is 0 Å². The highest BCUT2D eigenvalue weighted by Crippen LogP contribution is 2.31. The van der Waals surface area contributed by atoms with Crippen LogP contribution < -0.4 is 10.2 Å². The van der Waals surface area contributed by atoms with Crippen molar-refractivity contribution in [1.29, 1.82) is 0 Å². The molecule has 0 saturated carbocycles. The number of rotatable bonds is 3. The van der Waals surface area contributed by atoms with Crippen molar-refractivity contribution in [3.63, 3.8) is 0 Å². The summed E-state index contributed by atoms with van der Waals surface area (Å²) in [7, 11) is 0. The molecule has 0 spiro atoms. The summed E-state index contributed by atoms with van der Waals surface area (Å²) in [5.74, 6) is 0. The summed E-state index contributed by atoms with van der Waals surface area (Å²) in [5.41, 5.74) is 2.36. The minimum absolute atomic E-state index is 0.600. The quantitative estimate of drug-likeness (QED) is 0.787. The Morgan fingerprint density at radius 2 is 1.70 bits per heavy atom. The molecule has 0 aliphatic carbocycles. The minimum Gasteiger partial charge on any atom is -0.368 e. The molecule has 2 aromatic carbocycles. The molecule has 0 radical (unpaired) electrons. The number of thiocarbonyl (C=S) groups is 1. The highest BCUT2D eigenvalue weighted by atomic mass is 32.1. The standard InChI is InChI=1S/C20H22F3N3S/c1-15-5-7-16(8-6-15)14-24-19(27)26-11-9-25(10-12-26)18-4-2-3-17(13-18)20(21,22)23/h2-8,13H,9-12,14H2,1H3,(H,24,27). The Balaban J connectivity index is 1.52. The van der Waals surface area contributed by atoms with Gasteiger partial charge in [-0.2, -0.15) is 13.2 Å². The van der Waals surface area contributed by atoms with Crippen LogP contribution in [-0.2, 0) is 12.7 Å². The molecule has 2 aromatic rings. The molecule has 144 valence electrons. The van der Waals surface area contributed by atoms with Gasteiger partial charge in [0.15, 0.2) is 5.11 Å². The molecule has 0 bridgehead atoms. The first-order valence-electron chi connectivity index (χ1n) is 8.83. The van der Waals surface area contributed by atoms with Gasteiger partial charge in [-0.25, -0.2) is 0 Å². The Labute approximate surface area is 162 Å². The summed E-state index contributed by atoms with van der Waals surface area (Å²) >= 11 is 5.47. The van der Waals surface area contributed by atoms with Crippen molar-refractivity contribution in [2.24, 2.45) is 0 Å². The van der Waals surface area contributed by atoms with Crippen LogP contribution in [0, 0.1) is 6.92 Å². The van der Waals surface area contributed by atoms with Crippen LogP contribution in [0.2, 0.25) is 0 Å². The zero-order valence-electron chi connectivity index (χ0n) is 15.1. The van der Waals surface area contributed by atoms with Crippen LogP contribution in [0.15, 0.2) is 48.5 Å². The minimum atomic E-state index is -4.32. The number of hydrogen-bond acceptors (Lipinski definition) is 2. The van der Waals surface area contributed by atoms with Crippen LogP contribution in [-0.4, -0.2) is 36.2 Å². The summed E-state index contributed by atoms with van der Waals surface area (Å²) in [6.45, 7) is 5.33. The molecule has 0 atom stereocenters. The molecule has 1 fully saturated rings. The lowest BCUT2D eigenvalue weighted by atomic mass is 10.1. The fourth-order valence-electron chi connectivity index (χ4n) is 3.04. The first-order valence-corrected chi connectivity index (χ1v) is 9.24. The Bertz CT molecular complexity index is 782. The molecule has 1 aliphatic rings. The van der Waals surface area contributed by atoms with Crippen molar-refractivity contribution in [3.05, 3.63) is 65.2 Å². The van der Waals surface area contributed by atoms with E-state index in [-0.39, 0.29) is 0 Å². The van der Waals surface area contributed by atoms with Gasteiger partial charge in [-0.1, -0.05) is 35.9 Å². The third-order valence-electron chi connectivity index (χ3n) is 4.67. The number of halogens is 3. The average molecular weight is 393 g/mol. The second-order valence-corrected chi connectivity index (χ2v) is 7.05. The molecule has 3 rings (SSSR count). The Morgan fingerprint density at radius 3 is 2.33 bits per heavy atom. The molecule has 27 heavy (non-hydrogen) atoms. The second-order valence-electron chi connectivity index (χ2n) is 6.67. The van der Waals surface area contributed by atoms with Crippen LogP contribution in [0.1, 0.15) is 16.7 Å². The maximum absolute atomic E-state index is 12.9. The molecular weight excluding hydrogens is 371 g/mol. The topological polar surface area (TPSA) is 18.5 Å². The van der Waals surface area contributed by atoms with Gasteiger partial charge in [-0.3, -0.25) is 0 Å². The summed E-state index contributed by atoms with van der Waals surface area (Å²) < 4.78 is 38.7. The third-order valence-corrected chi connectivity index (χ3v) is 5.07. The van der Waals surface area contributed by atoms with Gasteiger partial charge in [0.05, 0.1) is 5.56 Å². The van der Waals surface area contributed by atoms with Crippen LogP contribution in [0.25, 0.3) is 0 Å². The number of nitrogens with one attached hydrogen (secondary N) is 1. The van der Waals surface area contributed by atoms with Gasteiger partial charge in [0.1, 0.15) is 0 Å². The van der Waals surface area contributed by atoms with E-state index < -0.39 is 11.7 Å². The number of aryl methyl sites for hydroxylation is 1. The second kappa shape index (κ2) is 8.17.